The number of amides is 1. The van der Waals surface area contributed by atoms with Crippen molar-refractivity contribution < 1.29 is 4.79 Å². The summed E-state index contributed by atoms with van der Waals surface area (Å²) in [5.41, 5.74) is 3.57. The van der Waals surface area contributed by atoms with E-state index in [2.05, 4.69) is 39.5 Å². The molecule has 1 amide bonds. The van der Waals surface area contributed by atoms with Crippen molar-refractivity contribution in [2.45, 2.75) is 31.7 Å². The maximum atomic E-state index is 12.5. The summed E-state index contributed by atoms with van der Waals surface area (Å²) in [4.78, 5) is 21.0. The molecule has 1 N–H and O–H groups in total. The number of nitrogens with one attached hydrogen (secondary N) is 1. The van der Waals surface area contributed by atoms with Crippen LogP contribution in [0.2, 0.25) is 0 Å². The Morgan fingerprint density at radius 2 is 1.96 bits per heavy atom. The summed E-state index contributed by atoms with van der Waals surface area (Å²) < 4.78 is 0. The SMILES string of the molecule is O=C(c1cccnc1)N1CCC(NCCN2CCCc3ccccc32)CC1. The van der Waals surface area contributed by atoms with Gasteiger partial charge in [0.2, 0.25) is 0 Å². The minimum absolute atomic E-state index is 0.103. The molecule has 3 heterocycles. The molecule has 0 unspecified atom stereocenters. The third-order valence-corrected chi connectivity index (χ3v) is 5.71. The van der Waals surface area contributed by atoms with E-state index in [9.17, 15) is 4.79 Å². The lowest BCUT2D eigenvalue weighted by molar-refractivity contribution is 0.0705. The van der Waals surface area contributed by atoms with E-state index < -0.39 is 0 Å². The van der Waals surface area contributed by atoms with Crippen molar-refractivity contribution in [3.8, 4) is 0 Å². The second kappa shape index (κ2) is 8.53. The average molecular weight is 364 g/mol. The van der Waals surface area contributed by atoms with Gasteiger partial charge in [-0.2, -0.15) is 0 Å². The van der Waals surface area contributed by atoms with E-state index in [0.717, 1.165) is 45.6 Å². The van der Waals surface area contributed by atoms with Crippen LogP contribution in [0.4, 0.5) is 5.69 Å². The van der Waals surface area contributed by atoms with E-state index in [1.54, 1.807) is 12.4 Å². The Labute approximate surface area is 161 Å². The Kier molecular flexibility index (Phi) is 5.68. The third kappa shape index (κ3) is 4.30. The fourth-order valence-electron chi connectivity index (χ4n) is 4.21. The maximum Gasteiger partial charge on any atom is 0.255 e. The molecule has 27 heavy (non-hydrogen) atoms. The molecule has 4 rings (SSSR count). The fraction of sp³-hybridized carbons (Fsp3) is 0.455. The number of aryl methyl sites for hydroxylation is 1. The average Bonchev–Trinajstić information content (AvgIpc) is 2.74. The van der Waals surface area contributed by atoms with Crippen LogP contribution < -0.4 is 10.2 Å². The van der Waals surface area contributed by atoms with Gasteiger partial charge in [0.15, 0.2) is 0 Å². The molecule has 1 saturated heterocycles. The first-order chi connectivity index (χ1) is 13.3. The van der Waals surface area contributed by atoms with Crippen molar-refractivity contribution in [2.75, 3.05) is 37.6 Å². The van der Waals surface area contributed by atoms with E-state index in [0.29, 0.717) is 11.6 Å². The van der Waals surface area contributed by atoms with Crippen molar-refractivity contribution in [2.24, 2.45) is 0 Å². The van der Waals surface area contributed by atoms with Gasteiger partial charge in [0.05, 0.1) is 5.56 Å². The second-order valence-electron chi connectivity index (χ2n) is 7.48. The summed E-state index contributed by atoms with van der Waals surface area (Å²) in [6.45, 7) is 4.83. The summed E-state index contributed by atoms with van der Waals surface area (Å²) in [5, 5.41) is 3.71. The first-order valence-electron chi connectivity index (χ1n) is 10.1. The van der Waals surface area contributed by atoms with E-state index in [1.807, 2.05) is 17.0 Å². The number of anilines is 1. The summed E-state index contributed by atoms with van der Waals surface area (Å²) in [7, 11) is 0. The number of piperidine rings is 1. The number of aromatic nitrogens is 1. The number of hydrogen-bond donors (Lipinski definition) is 1. The molecule has 5 nitrogen and oxygen atoms in total. The molecule has 0 radical (unpaired) electrons. The highest BCUT2D eigenvalue weighted by Gasteiger charge is 2.23. The highest BCUT2D eigenvalue weighted by atomic mass is 16.2. The first kappa shape index (κ1) is 18.0. The molecule has 0 saturated carbocycles. The topological polar surface area (TPSA) is 48.5 Å². The van der Waals surface area contributed by atoms with Crippen LogP contribution in [0.15, 0.2) is 48.8 Å². The van der Waals surface area contributed by atoms with Crippen LogP contribution >= 0.6 is 0 Å². The van der Waals surface area contributed by atoms with Crippen LogP contribution in [0.1, 0.15) is 35.2 Å². The van der Waals surface area contributed by atoms with Gasteiger partial charge in [0.1, 0.15) is 0 Å². The van der Waals surface area contributed by atoms with Gasteiger partial charge in [0.25, 0.3) is 5.91 Å². The molecule has 5 heteroatoms. The number of nitrogens with zero attached hydrogens (tertiary/aromatic N) is 3. The number of hydrogen-bond acceptors (Lipinski definition) is 4. The number of carbonyl (C=O) groups excluding carboxylic acids is 1. The first-order valence-corrected chi connectivity index (χ1v) is 10.1. The predicted molar refractivity (Wildman–Crippen MR) is 108 cm³/mol. The lowest BCUT2D eigenvalue weighted by atomic mass is 10.0. The normalized spacial score (nSPS) is 17.6. The number of benzene rings is 1. The zero-order valence-electron chi connectivity index (χ0n) is 15.8. The Balaban J connectivity index is 1.22. The van der Waals surface area contributed by atoms with Crippen LogP contribution in [0.25, 0.3) is 0 Å². The quantitative estimate of drug-likeness (QED) is 0.886. The van der Waals surface area contributed by atoms with Gasteiger partial charge in [-0.15, -0.1) is 0 Å². The van der Waals surface area contributed by atoms with Gasteiger partial charge in [-0.1, -0.05) is 18.2 Å². The standard InChI is InChI=1S/C22H28N4O/c27-22(19-6-3-11-23-17-19)26-14-9-20(10-15-26)24-12-16-25-13-4-7-18-5-1-2-8-21(18)25/h1-3,5-6,8,11,17,20,24H,4,7,9-10,12-16H2. The number of likely N-dealkylation sites (tertiary alicyclic amines) is 1. The molecule has 142 valence electrons. The largest absolute Gasteiger partial charge is 0.370 e. The molecule has 1 aromatic heterocycles. The van der Waals surface area contributed by atoms with Crippen LogP contribution in [0.3, 0.4) is 0 Å². The van der Waals surface area contributed by atoms with Crippen molar-refractivity contribution in [3.05, 3.63) is 59.9 Å². The van der Waals surface area contributed by atoms with Crippen molar-refractivity contribution in [1.82, 2.24) is 15.2 Å². The molecule has 0 bridgehead atoms. The minimum atomic E-state index is 0.103. The number of para-hydroxylation sites is 1. The van der Waals surface area contributed by atoms with E-state index in [-0.39, 0.29) is 5.91 Å². The van der Waals surface area contributed by atoms with Crippen LogP contribution in [0.5, 0.6) is 0 Å². The molecule has 0 aliphatic carbocycles. The Morgan fingerprint density at radius 1 is 1.11 bits per heavy atom. The number of fused-ring (bicyclic) bond motifs is 1. The van der Waals surface area contributed by atoms with Crippen molar-refractivity contribution >= 4 is 11.6 Å². The molecule has 2 aliphatic rings. The van der Waals surface area contributed by atoms with E-state index in [1.165, 1.54) is 24.1 Å². The molecular formula is C22H28N4O. The van der Waals surface area contributed by atoms with Gasteiger partial charge in [-0.05, 0) is 49.4 Å². The van der Waals surface area contributed by atoms with E-state index >= 15 is 0 Å². The molecule has 0 atom stereocenters. The Hall–Kier alpha value is -2.40. The molecule has 1 aromatic carbocycles. The Morgan fingerprint density at radius 3 is 2.78 bits per heavy atom. The van der Waals surface area contributed by atoms with Gasteiger partial charge >= 0.3 is 0 Å². The third-order valence-electron chi connectivity index (χ3n) is 5.71. The fourth-order valence-corrected chi connectivity index (χ4v) is 4.21. The molecular weight excluding hydrogens is 336 g/mol. The summed E-state index contributed by atoms with van der Waals surface area (Å²) >= 11 is 0. The summed E-state index contributed by atoms with van der Waals surface area (Å²) in [5.74, 6) is 0.103. The van der Waals surface area contributed by atoms with Crippen molar-refractivity contribution in [3.63, 3.8) is 0 Å². The monoisotopic (exact) mass is 364 g/mol. The molecule has 2 aromatic rings. The minimum Gasteiger partial charge on any atom is -0.370 e. The molecule has 0 spiro atoms. The van der Waals surface area contributed by atoms with Crippen LogP contribution in [0, 0.1) is 0 Å². The smallest absolute Gasteiger partial charge is 0.255 e. The predicted octanol–water partition coefficient (Wildman–Crippen LogP) is 2.73. The molecule has 1 fully saturated rings. The number of pyridine rings is 1. The highest BCUT2D eigenvalue weighted by Crippen LogP contribution is 2.26. The van der Waals surface area contributed by atoms with Crippen LogP contribution in [-0.4, -0.2) is 54.6 Å². The lowest BCUT2D eigenvalue weighted by Crippen LogP contribution is -2.46. The summed E-state index contributed by atoms with van der Waals surface area (Å²) in [6, 6.07) is 12.9. The zero-order chi connectivity index (χ0) is 18.5. The van der Waals surface area contributed by atoms with Gasteiger partial charge in [0, 0.05) is 56.8 Å². The van der Waals surface area contributed by atoms with Gasteiger partial charge < -0.3 is 15.1 Å². The highest BCUT2D eigenvalue weighted by molar-refractivity contribution is 5.93. The maximum absolute atomic E-state index is 12.5. The van der Waals surface area contributed by atoms with Gasteiger partial charge in [-0.3, -0.25) is 9.78 Å². The summed E-state index contributed by atoms with van der Waals surface area (Å²) in [6.07, 6.45) is 7.83. The van der Waals surface area contributed by atoms with Crippen molar-refractivity contribution in [1.29, 1.82) is 0 Å². The molecule has 2 aliphatic heterocycles. The number of rotatable bonds is 5. The van der Waals surface area contributed by atoms with Gasteiger partial charge in [-0.25, -0.2) is 0 Å². The number of carbonyl (C=O) groups is 1. The second-order valence-corrected chi connectivity index (χ2v) is 7.48. The van der Waals surface area contributed by atoms with Crippen LogP contribution in [-0.2, 0) is 6.42 Å². The Bertz CT molecular complexity index is 756. The zero-order valence-corrected chi connectivity index (χ0v) is 15.8. The lowest BCUT2D eigenvalue weighted by Gasteiger charge is -2.34. The van der Waals surface area contributed by atoms with E-state index in [4.69, 9.17) is 0 Å².